The van der Waals surface area contributed by atoms with Crippen molar-refractivity contribution in [3.63, 3.8) is 0 Å². The summed E-state index contributed by atoms with van der Waals surface area (Å²) in [5.41, 5.74) is 2.07. The second-order valence-corrected chi connectivity index (χ2v) is 6.74. The Kier molecular flexibility index (Phi) is 4.27. The van der Waals surface area contributed by atoms with Crippen LogP contribution < -0.4 is 4.90 Å². The van der Waals surface area contributed by atoms with Crippen LogP contribution in [0.5, 0.6) is 0 Å². The van der Waals surface area contributed by atoms with E-state index in [0.29, 0.717) is 5.15 Å². The highest BCUT2D eigenvalue weighted by Crippen LogP contribution is 2.24. The minimum Gasteiger partial charge on any atom is -0.353 e. The molecule has 25 heavy (non-hydrogen) atoms. The highest BCUT2D eigenvalue weighted by atomic mass is 35.5. The second kappa shape index (κ2) is 6.57. The van der Waals surface area contributed by atoms with Crippen LogP contribution in [0.25, 0.3) is 11.0 Å². The molecule has 3 aromatic rings. The molecule has 0 unspecified atom stereocenters. The van der Waals surface area contributed by atoms with Gasteiger partial charge in [-0.15, -0.1) is 0 Å². The lowest BCUT2D eigenvalue weighted by Crippen LogP contribution is -2.46. The van der Waals surface area contributed by atoms with Gasteiger partial charge in [0, 0.05) is 46.0 Å². The highest BCUT2D eigenvalue weighted by molar-refractivity contribution is 6.29. The Morgan fingerprint density at radius 3 is 2.60 bits per heavy atom. The van der Waals surface area contributed by atoms with E-state index in [1.807, 2.05) is 38.5 Å². The maximum absolute atomic E-state index is 5.85. The zero-order valence-corrected chi connectivity index (χ0v) is 15.1. The predicted molar refractivity (Wildman–Crippen MR) is 97.8 cm³/mol. The summed E-state index contributed by atoms with van der Waals surface area (Å²) in [6, 6.07) is 3.88. The van der Waals surface area contributed by atoms with Crippen molar-refractivity contribution >= 4 is 28.5 Å². The largest absolute Gasteiger partial charge is 0.353 e. The maximum atomic E-state index is 5.85. The quantitative estimate of drug-likeness (QED) is 0.668. The molecule has 130 valence electrons. The molecule has 7 nitrogen and oxygen atoms in total. The van der Waals surface area contributed by atoms with Crippen LogP contribution in [0.1, 0.15) is 11.4 Å². The summed E-state index contributed by atoms with van der Waals surface area (Å²) in [6.07, 6.45) is 3.71. The second-order valence-electron chi connectivity index (χ2n) is 6.35. The van der Waals surface area contributed by atoms with Gasteiger partial charge in [0.1, 0.15) is 16.8 Å². The third kappa shape index (κ3) is 3.29. The first kappa shape index (κ1) is 16.2. The number of piperazine rings is 1. The summed E-state index contributed by atoms with van der Waals surface area (Å²) in [5, 5.41) is 5.88. The lowest BCUT2D eigenvalue weighted by Gasteiger charge is -2.35. The van der Waals surface area contributed by atoms with E-state index in [-0.39, 0.29) is 0 Å². The minimum atomic E-state index is 0.535. The van der Waals surface area contributed by atoms with Gasteiger partial charge in [0.2, 0.25) is 0 Å². The minimum absolute atomic E-state index is 0.535. The SMILES string of the molecule is Cc1nc(N2CCN(Cc3ccc(Cl)nc3)CC2)c2cnn(C)c2n1. The molecule has 0 aliphatic carbocycles. The summed E-state index contributed by atoms with van der Waals surface area (Å²) in [5.74, 6) is 1.77. The van der Waals surface area contributed by atoms with Crippen LogP contribution in [0.2, 0.25) is 5.15 Å². The number of fused-ring (bicyclic) bond motifs is 1. The summed E-state index contributed by atoms with van der Waals surface area (Å²) >= 11 is 5.85. The lowest BCUT2D eigenvalue weighted by atomic mass is 10.2. The zero-order valence-electron chi connectivity index (χ0n) is 14.4. The van der Waals surface area contributed by atoms with Crippen LogP contribution in [0.15, 0.2) is 24.5 Å². The first-order valence-corrected chi connectivity index (χ1v) is 8.72. The predicted octanol–water partition coefficient (Wildman–Crippen LogP) is 2.04. The van der Waals surface area contributed by atoms with Crippen LogP contribution in [-0.4, -0.2) is 55.8 Å². The Hall–Kier alpha value is -2.25. The molecule has 8 heteroatoms. The zero-order chi connectivity index (χ0) is 17.4. The molecular weight excluding hydrogens is 338 g/mol. The number of nitrogens with zero attached hydrogens (tertiary/aromatic N) is 7. The van der Waals surface area contributed by atoms with Gasteiger partial charge in [0.05, 0.1) is 11.6 Å². The Morgan fingerprint density at radius 1 is 1.08 bits per heavy atom. The number of halogens is 1. The molecule has 1 aliphatic rings. The van der Waals surface area contributed by atoms with Crippen molar-refractivity contribution in [3.8, 4) is 0 Å². The van der Waals surface area contributed by atoms with Crippen LogP contribution >= 0.6 is 11.6 Å². The summed E-state index contributed by atoms with van der Waals surface area (Å²) in [4.78, 5) is 18.1. The van der Waals surface area contributed by atoms with Crippen molar-refractivity contribution < 1.29 is 0 Å². The number of anilines is 1. The molecular formula is C17H20ClN7. The lowest BCUT2D eigenvalue weighted by molar-refractivity contribution is 0.249. The first-order valence-electron chi connectivity index (χ1n) is 8.34. The van der Waals surface area contributed by atoms with Crippen molar-refractivity contribution in [2.24, 2.45) is 7.05 Å². The molecule has 0 spiro atoms. The molecule has 4 rings (SSSR count). The summed E-state index contributed by atoms with van der Waals surface area (Å²) < 4.78 is 1.80. The topological polar surface area (TPSA) is 63.0 Å². The van der Waals surface area contributed by atoms with E-state index in [2.05, 4.69) is 29.9 Å². The number of hydrogen-bond acceptors (Lipinski definition) is 6. The van der Waals surface area contributed by atoms with E-state index in [0.717, 1.165) is 55.4 Å². The van der Waals surface area contributed by atoms with E-state index in [1.54, 1.807) is 4.68 Å². The van der Waals surface area contributed by atoms with E-state index >= 15 is 0 Å². The Labute approximate surface area is 151 Å². The third-order valence-corrected chi connectivity index (χ3v) is 4.77. The van der Waals surface area contributed by atoms with Gasteiger partial charge >= 0.3 is 0 Å². The molecule has 0 saturated carbocycles. The number of hydrogen-bond donors (Lipinski definition) is 0. The fourth-order valence-electron chi connectivity index (χ4n) is 3.23. The van der Waals surface area contributed by atoms with Crippen LogP contribution in [-0.2, 0) is 13.6 Å². The molecule has 1 saturated heterocycles. The Bertz CT molecular complexity index is 882. The third-order valence-electron chi connectivity index (χ3n) is 4.55. The van der Waals surface area contributed by atoms with Gasteiger partial charge in [-0.1, -0.05) is 17.7 Å². The average Bonchev–Trinajstić information content (AvgIpc) is 2.98. The van der Waals surface area contributed by atoms with Crippen molar-refractivity contribution in [1.82, 2.24) is 29.6 Å². The normalized spacial score (nSPS) is 15.9. The Morgan fingerprint density at radius 2 is 1.88 bits per heavy atom. The summed E-state index contributed by atoms with van der Waals surface area (Å²) in [6.45, 7) is 6.65. The van der Waals surface area contributed by atoms with Crippen molar-refractivity contribution in [2.75, 3.05) is 31.1 Å². The maximum Gasteiger partial charge on any atom is 0.163 e. The van der Waals surface area contributed by atoms with Gasteiger partial charge in [0.25, 0.3) is 0 Å². The molecule has 0 aromatic carbocycles. The highest BCUT2D eigenvalue weighted by Gasteiger charge is 2.21. The van der Waals surface area contributed by atoms with E-state index in [9.17, 15) is 0 Å². The number of aryl methyl sites for hydroxylation is 2. The number of aromatic nitrogens is 5. The number of pyridine rings is 1. The molecule has 0 amide bonds. The molecule has 0 N–H and O–H groups in total. The van der Waals surface area contributed by atoms with Crippen LogP contribution in [0, 0.1) is 6.92 Å². The van der Waals surface area contributed by atoms with Gasteiger partial charge in [-0.2, -0.15) is 5.10 Å². The van der Waals surface area contributed by atoms with E-state index < -0.39 is 0 Å². The molecule has 0 radical (unpaired) electrons. The van der Waals surface area contributed by atoms with Crippen molar-refractivity contribution in [3.05, 3.63) is 41.1 Å². The fourth-order valence-corrected chi connectivity index (χ4v) is 3.34. The molecule has 1 fully saturated rings. The van der Waals surface area contributed by atoms with E-state index in [1.165, 1.54) is 5.56 Å². The first-order chi connectivity index (χ1) is 12.1. The average molecular weight is 358 g/mol. The van der Waals surface area contributed by atoms with Crippen molar-refractivity contribution in [1.29, 1.82) is 0 Å². The summed E-state index contributed by atoms with van der Waals surface area (Å²) in [7, 11) is 1.91. The fraction of sp³-hybridized carbons (Fsp3) is 0.412. The van der Waals surface area contributed by atoms with Gasteiger partial charge in [0.15, 0.2) is 5.65 Å². The molecule has 0 bridgehead atoms. The standard InChI is InChI=1S/C17H20ClN7/c1-12-21-16-14(10-20-23(16)2)17(22-12)25-7-5-24(6-8-25)11-13-3-4-15(18)19-9-13/h3-4,9-10H,5-8,11H2,1-2H3. The Balaban J connectivity index is 1.48. The smallest absolute Gasteiger partial charge is 0.163 e. The molecule has 3 aromatic heterocycles. The number of rotatable bonds is 3. The van der Waals surface area contributed by atoms with Gasteiger partial charge in [-0.25, -0.2) is 15.0 Å². The van der Waals surface area contributed by atoms with Gasteiger partial charge in [-0.3, -0.25) is 9.58 Å². The van der Waals surface area contributed by atoms with Crippen LogP contribution in [0.3, 0.4) is 0 Å². The molecule has 1 aliphatic heterocycles. The molecule has 0 atom stereocenters. The van der Waals surface area contributed by atoms with E-state index in [4.69, 9.17) is 11.6 Å². The van der Waals surface area contributed by atoms with Crippen LogP contribution in [0.4, 0.5) is 5.82 Å². The van der Waals surface area contributed by atoms with Crippen molar-refractivity contribution in [2.45, 2.75) is 13.5 Å². The molecule has 4 heterocycles. The van der Waals surface area contributed by atoms with Gasteiger partial charge < -0.3 is 4.90 Å². The van der Waals surface area contributed by atoms with Gasteiger partial charge in [-0.05, 0) is 18.6 Å². The monoisotopic (exact) mass is 357 g/mol.